The quantitative estimate of drug-likeness (QED) is 0.505. The number of carbonyl (C=O) groups excluding carboxylic acids is 2. The van der Waals surface area contributed by atoms with Crippen LogP contribution in [0.2, 0.25) is 0 Å². The van der Waals surface area contributed by atoms with Crippen molar-refractivity contribution in [3.8, 4) is 17.2 Å². The van der Waals surface area contributed by atoms with Crippen molar-refractivity contribution in [2.24, 2.45) is 0 Å². The van der Waals surface area contributed by atoms with E-state index in [2.05, 4.69) is 10.3 Å². The van der Waals surface area contributed by atoms with Gasteiger partial charge >= 0.3 is 5.97 Å². The summed E-state index contributed by atoms with van der Waals surface area (Å²) in [6, 6.07) is 3.48. The van der Waals surface area contributed by atoms with Gasteiger partial charge in [0.1, 0.15) is 0 Å². The van der Waals surface area contributed by atoms with Gasteiger partial charge in [0.05, 0.1) is 40.1 Å². The maximum Gasteiger partial charge on any atom is 0.311 e. The van der Waals surface area contributed by atoms with Crippen LogP contribution >= 0.6 is 11.3 Å². The second kappa shape index (κ2) is 10.3. The van der Waals surface area contributed by atoms with E-state index < -0.39 is 0 Å². The molecule has 1 amide bonds. The fraction of sp³-hybridized carbons (Fsp3) is 0.316. The molecule has 1 aromatic heterocycles. The Kier molecular flexibility index (Phi) is 7.82. The molecule has 0 atom stereocenters. The number of hydrogen-bond donors (Lipinski definition) is 1. The molecule has 2 rings (SSSR count). The summed E-state index contributed by atoms with van der Waals surface area (Å²) in [4.78, 5) is 27.9. The number of rotatable bonds is 9. The summed E-state index contributed by atoms with van der Waals surface area (Å²) < 4.78 is 20.8. The zero-order valence-corrected chi connectivity index (χ0v) is 16.9. The summed E-state index contributed by atoms with van der Waals surface area (Å²) in [5.74, 6) is 0.700. The van der Waals surface area contributed by atoms with Crippen LogP contribution in [-0.4, -0.2) is 44.8 Å². The molecule has 0 aliphatic heterocycles. The number of esters is 1. The Morgan fingerprint density at radius 3 is 2.54 bits per heavy atom. The van der Waals surface area contributed by atoms with E-state index in [9.17, 15) is 9.59 Å². The topological polar surface area (TPSA) is 96.0 Å². The summed E-state index contributed by atoms with van der Waals surface area (Å²) in [6.07, 6.45) is 3.03. The average Bonchev–Trinajstić information content (AvgIpc) is 3.11. The highest BCUT2D eigenvalue weighted by molar-refractivity contribution is 7.14. The minimum absolute atomic E-state index is 0.0683. The molecule has 0 saturated carbocycles. The van der Waals surface area contributed by atoms with Crippen LogP contribution in [0.15, 0.2) is 23.6 Å². The Hall–Kier alpha value is -3.07. The van der Waals surface area contributed by atoms with E-state index in [1.807, 2.05) is 0 Å². The smallest absolute Gasteiger partial charge is 0.311 e. The Labute approximate surface area is 167 Å². The molecule has 0 saturated heterocycles. The summed E-state index contributed by atoms with van der Waals surface area (Å²) in [5.41, 5.74) is 1.20. The number of methoxy groups -OCH3 is 3. The van der Waals surface area contributed by atoms with Crippen LogP contribution < -0.4 is 19.5 Å². The molecule has 0 fully saturated rings. The molecule has 1 heterocycles. The van der Waals surface area contributed by atoms with Crippen molar-refractivity contribution in [3.63, 3.8) is 0 Å². The molecule has 9 heteroatoms. The highest BCUT2D eigenvalue weighted by atomic mass is 32.1. The summed E-state index contributed by atoms with van der Waals surface area (Å²) in [7, 11) is 4.55. The predicted molar refractivity (Wildman–Crippen MR) is 106 cm³/mol. The standard InChI is InChI=1S/C19H22N2O6S/c1-5-27-16(23)10-13-11-28-19(20-13)21-15(22)9-7-12-6-8-14(24-2)18(26-4)17(12)25-3/h6-9,11H,5,10H2,1-4H3,(H,20,21,22). The summed E-state index contributed by atoms with van der Waals surface area (Å²) >= 11 is 1.23. The third-order valence-electron chi connectivity index (χ3n) is 3.56. The molecule has 0 radical (unpaired) electrons. The monoisotopic (exact) mass is 406 g/mol. The number of ether oxygens (including phenoxy) is 4. The van der Waals surface area contributed by atoms with Gasteiger partial charge in [-0.3, -0.25) is 14.9 Å². The van der Waals surface area contributed by atoms with Gasteiger partial charge in [0.25, 0.3) is 0 Å². The molecule has 0 unspecified atom stereocenters. The van der Waals surface area contributed by atoms with Gasteiger partial charge in [0, 0.05) is 17.0 Å². The van der Waals surface area contributed by atoms with E-state index in [-0.39, 0.29) is 18.3 Å². The van der Waals surface area contributed by atoms with Gasteiger partial charge in [0.2, 0.25) is 11.7 Å². The molecule has 8 nitrogen and oxygen atoms in total. The number of nitrogens with zero attached hydrogens (tertiary/aromatic N) is 1. The lowest BCUT2D eigenvalue weighted by Crippen LogP contribution is -2.09. The highest BCUT2D eigenvalue weighted by Crippen LogP contribution is 2.40. The Bertz CT molecular complexity index is 862. The zero-order chi connectivity index (χ0) is 20.5. The minimum atomic E-state index is -0.367. The number of amides is 1. The third kappa shape index (κ3) is 5.46. The van der Waals surface area contributed by atoms with Crippen LogP contribution in [0.1, 0.15) is 18.2 Å². The first-order valence-electron chi connectivity index (χ1n) is 8.40. The van der Waals surface area contributed by atoms with Gasteiger partial charge in [-0.2, -0.15) is 0 Å². The normalized spacial score (nSPS) is 10.6. The van der Waals surface area contributed by atoms with Crippen molar-refractivity contribution in [2.75, 3.05) is 33.3 Å². The van der Waals surface area contributed by atoms with Crippen LogP contribution in [0.3, 0.4) is 0 Å². The van der Waals surface area contributed by atoms with Crippen LogP contribution in [-0.2, 0) is 20.7 Å². The SMILES string of the molecule is CCOC(=O)Cc1csc(NC(=O)C=Cc2ccc(OC)c(OC)c2OC)n1. The first-order chi connectivity index (χ1) is 13.5. The number of nitrogens with one attached hydrogen (secondary N) is 1. The molecular formula is C19H22N2O6S. The van der Waals surface area contributed by atoms with Crippen LogP contribution in [0, 0.1) is 0 Å². The van der Waals surface area contributed by atoms with E-state index >= 15 is 0 Å². The third-order valence-corrected chi connectivity index (χ3v) is 4.37. The maximum absolute atomic E-state index is 12.2. The average molecular weight is 406 g/mol. The number of anilines is 1. The van der Waals surface area contributed by atoms with Gasteiger partial charge in [-0.15, -0.1) is 11.3 Å². The predicted octanol–water partition coefficient (Wildman–Crippen LogP) is 2.93. The molecule has 0 spiro atoms. The first kappa shape index (κ1) is 21.2. The molecule has 28 heavy (non-hydrogen) atoms. The number of carbonyl (C=O) groups is 2. The van der Waals surface area contributed by atoms with Crippen molar-refractivity contribution in [1.82, 2.24) is 4.98 Å². The van der Waals surface area contributed by atoms with Crippen LogP contribution in [0.5, 0.6) is 17.2 Å². The van der Waals surface area contributed by atoms with Crippen molar-refractivity contribution in [2.45, 2.75) is 13.3 Å². The zero-order valence-electron chi connectivity index (χ0n) is 16.1. The summed E-state index contributed by atoms with van der Waals surface area (Å²) in [5, 5.41) is 4.76. The molecule has 0 bridgehead atoms. The fourth-order valence-electron chi connectivity index (χ4n) is 2.37. The second-order valence-electron chi connectivity index (χ2n) is 5.37. The Morgan fingerprint density at radius 1 is 1.14 bits per heavy atom. The van der Waals surface area contributed by atoms with Gasteiger partial charge in [0.15, 0.2) is 16.6 Å². The molecule has 2 aromatic rings. The molecular weight excluding hydrogens is 384 g/mol. The van der Waals surface area contributed by atoms with E-state index in [4.69, 9.17) is 18.9 Å². The number of thiazole rings is 1. The summed E-state index contributed by atoms with van der Waals surface area (Å²) in [6.45, 7) is 2.06. The minimum Gasteiger partial charge on any atom is -0.493 e. The fourth-order valence-corrected chi connectivity index (χ4v) is 3.09. The van der Waals surface area contributed by atoms with Gasteiger partial charge in [-0.25, -0.2) is 4.98 Å². The van der Waals surface area contributed by atoms with E-state index in [0.717, 1.165) is 0 Å². The van der Waals surface area contributed by atoms with E-state index in [0.29, 0.717) is 40.2 Å². The molecule has 0 aliphatic rings. The van der Waals surface area contributed by atoms with Crippen LogP contribution in [0.4, 0.5) is 5.13 Å². The lowest BCUT2D eigenvalue weighted by Gasteiger charge is -2.13. The van der Waals surface area contributed by atoms with Crippen molar-refractivity contribution < 1.29 is 28.5 Å². The molecule has 1 N–H and O–H groups in total. The lowest BCUT2D eigenvalue weighted by atomic mass is 10.1. The number of benzene rings is 1. The van der Waals surface area contributed by atoms with Crippen molar-refractivity contribution in [3.05, 3.63) is 34.8 Å². The molecule has 150 valence electrons. The van der Waals surface area contributed by atoms with Crippen molar-refractivity contribution >= 4 is 34.4 Å². The van der Waals surface area contributed by atoms with E-state index in [1.54, 1.807) is 30.5 Å². The van der Waals surface area contributed by atoms with Gasteiger partial charge in [-0.1, -0.05) is 0 Å². The second-order valence-corrected chi connectivity index (χ2v) is 6.23. The lowest BCUT2D eigenvalue weighted by molar-refractivity contribution is -0.142. The largest absolute Gasteiger partial charge is 0.493 e. The Balaban J connectivity index is 2.06. The van der Waals surface area contributed by atoms with Gasteiger partial charge in [-0.05, 0) is 25.1 Å². The van der Waals surface area contributed by atoms with Gasteiger partial charge < -0.3 is 18.9 Å². The number of hydrogen-bond acceptors (Lipinski definition) is 8. The molecule has 1 aromatic carbocycles. The number of aromatic nitrogens is 1. The highest BCUT2D eigenvalue weighted by Gasteiger charge is 2.14. The van der Waals surface area contributed by atoms with E-state index in [1.165, 1.54) is 38.7 Å². The van der Waals surface area contributed by atoms with Crippen LogP contribution in [0.25, 0.3) is 6.08 Å². The molecule has 0 aliphatic carbocycles. The maximum atomic E-state index is 12.2. The van der Waals surface area contributed by atoms with Crippen molar-refractivity contribution in [1.29, 1.82) is 0 Å². The Morgan fingerprint density at radius 2 is 1.89 bits per heavy atom. The first-order valence-corrected chi connectivity index (χ1v) is 9.28.